The van der Waals surface area contributed by atoms with Crippen molar-refractivity contribution in [3.63, 3.8) is 0 Å². The Bertz CT molecular complexity index is 984. The fourth-order valence-electron chi connectivity index (χ4n) is 2.56. The normalized spacial score (nSPS) is 12.3. The van der Waals surface area contributed by atoms with Gasteiger partial charge in [0.05, 0.1) is 18.3 Å². The smallest absolute Gasteiger partial charge is 0.251 e. The zero-order valence-electron chi connectivity index (χ0n) is 14.5. The molecular formula is C19H18N2O5S. The van der Waals surface area contributed by atoms with Crippen LogP contribution in [0.2, 0.25) is 0 Å². The van der Waals surface area contributed by atoms with Crippen LogP contribution in [0.1, 0.15) is 21.4 Å². The van der Waals surface area contributed by atoms with Crippen molar-refractivity contribution in [1.29, 1.82) is 0 Å². The quantitative estimate of drug-likeness (QED) is 0.670. The summed E-state index contributed by atoms with van der Waals surface area (Å²) in [6, 6.07) is 12.4. The van der Waals surface area contributed by atoms with Gasteiger partial charge in [-0.2, -0.15) is 0 Å². The molecule has 1 atom stereocenters. The van der Waals surface area contributed by atoms with Gasteiger partial charge in [-0.25, -0.2) is 8.42 Å². The van der Waals surface area contributed by atoms with Crippen LogP contribution < -0.4 is 10.1 Å². The van der Waals surface area contributed by atoms with Gasteiger partial charge in [0, 0.05) is 24.5 Å². The first-order chi connectivity index (χ1) is 13.0. The van der Waals surface area contributed by atoms with E-state index in [2.05, 4.69) is 10.3 Å². The number of nitrogens with zero attached hydrogens (tertiary/aromatic N) is 1. The highest BCUT2D eigenvalue weighted by Crippen LogP contribution is 2.30. The van der Waals surface area contributed by atoms with Crippen molar-refractivity contribution >= 4 is 15.7 Å². The minimum absolute atomic E-state index is 0.114. The molecule has 0 bridgehead atoms. The molecule has 1 aromatic carbocycles. The Balaban J connectivity index is 1.86. The number of methoxy groups -OCH3 is 1. The number of benzene rings is 1. The van der Waals surface area contributed by atoms with Gasteiger partial charge in [-0.1, -0.05) is 0 Å². The number of nitrogens with one attached hydrogen (secondary N) is 1. The first-order valence-corrected chi connectivity index (χ1v) is 9.66. The third-order valence-electron chi connectivity index (χ3n) is 4.01. The van der Waals surface area contributed by atoms with Crippen LogP contribution in [0.4, 0.5) is 0 Å². The topological polar surface area (TPSA) is 98.5 Å². The van der Waals surface area contributed by atoms with Crippen LogP contribution in [0, 0.1) is 0 Å². The molecule has 0 aliphatic carbocycles. The predicted octanol–water partition coefficient (Wildman–Crippen LogP) is 2.63. The number of amides is 1. The maximum atomic E-state index is 13.1. The van der Waals surface area contributed by atoms with Crippen LogP contribution in [0.5, 0.6) is 5.75 Å². The lowest BCUT2D eigenvalue weighted by Gasteiger charge is -2.17. The zero-order valence-corrected chi connectivity index (χ0v) is 15.3. The molecule has 7 nitrogen and oxygen atoms in total. The number of hydrogen-bond acceptors (Lipinski definition) is 6. The highest BCUT2D eigenvalue weighted by Gasteiger charge is 2.32. The number of pyridine rings is 1. The molecule has 2 aromatic heterocycles. The van der Waals surface area contributed by atoms with Crippen LogP contribution in [0.25, 0.3) is 0 Å². The largest absolute Gasteiger partial charge is 0.497 e. The van der Waals surface area contributed by atoms with Gasteiger partial charge in [-0.05, 0) is 48.5 Å². The third kappa shape index (κ3) is 4.17. The third-order valence-corrected chi connectivity index (χ3v) is 6.09. The van der Waals surface area contributed by atoms with Crippen LogP contribution in [0.15, 0.2) is 76.5 Å². The van der Waals surface area contributed by atoms with Gasteiger partial charge in [0.2, 0.25) is 0 Å². The fourth-order valence-corrected chi connectivity index (χ4v) is 4.14. The Labute approximate surface area is 156 Å². The lowest BCUT2D eigenvalue weighted by atomic mass is 10.2. The number of furan rings is 1. The summed E-state index contributed by atoms with van der Waals surface area (Å²) in [4.78, 5) is 16.3. The van der Waals surface area contributed by atoms with Crippen molar-refractivity contribution < 1.29 is 22.4 Å². The summed E-state index contributed by atoms with van der Waals surface area (Å²) in [5.41, 5.74) is 0.394. The summed E-state index contributed by atoms with van der Waals surface area (Å²) in [5.74, 6) is 0.411. The number of hydrogen-bond donors (Lipinski definition) is 1. The van der Waals surface area contributed by atoms with E-state index in [1.54, 1.807) is 36.4 Å². The number of ether oxygens (including phenoxy) is 1. The Morgan fingerprint density at radius 1 is 1.15 bits per heavy atom. The van der Waals surface area contributed by atoms with Gasteiger partial charge in [0.1, 0.15) is 16.8 Å². The van der Waals surface area contributed by atoms with Gasteiger partial charge < -0.3 is 14.5 Å². The summed E-state index contributed by atoms with van der Waals surface area (Å²) in [6.45, 7) is -0.136. The summed E-state index contributed by atoms with van der Waals surface area (Å²) < 4.78 is 36.6. The maximum absolute atomic E-state index is 13.1. The lowest BCUT2D eigenvalue weighted by Crippen LogP contribution is -2.31. The van der Waals surface area contributed by atoms with E-state index in [1.807, 2.05) is 0 Å². The first kappa shape index (κ1) is 18.7. The van der Waals surface area contributed by atoms with Gasteiger partial charge in [0.25, 0.3) is 5.91 Å². The Morgan fingerprint density at radius 2 is 1.85 bits per heavy atom. The fraction of sp³-hybridized carbons (Fsp3) is 0.158. The van der Waals surface area contributed by atoms with Crippen LogP contribution in [-0.4, -0.2) is 33.0 Å². The van der Waals surface area contributed by atoms with E-state index in [0.717, 1.165) is 0 Å². The average Bonchev–Trinajstić information content (AvgIpc) is 3.23. The van der Waals surface area contributed by atoms with Crippen molar-refractivity contribution in [1.82, 2.24) is 10.3 Å². The second-order valence-electron chi connectivity index (χ2n) is 5.67. The molecule has 0 saturated carbocycles. The van der Waals surface area contributed by atoms with Gasteiger partial charge in [-0.3, -0.25) is 9.78 Å². The number of sulfone groups is 1. The molecule has 1 N–H and O–H groups in total. The zero-order chi connectivity index (χ0) is 19.3. The van der Waals surface area contributed by atoms with Crippen LogP contribution in [-0.2, 0) is 9.84 Å². The van der Waals surface area contributed by atoms with Crippen molar-refractivity contribution in [2.75, 3.05) is 13.7 Å². The number of carbonyl (C=O) groups excluding carboxylic acids is 1. The van der Waals surface area contributed by atoms with Gasteiger partial charge in [-0.15, -0.1) is 0 Å². The Kier molecular flexibility index (Phi) is 5.56. The second kappa shape index (κ2) is 8.05. The van der Waals surface area contributed by atoms with E-state index in [9.17, 15) is 13.2 Å². The van der Waals surface area contributed by atoms with E-state index in [1.165, 1.54) is 37.9 Å². The second-order valence-corrected chi connectivity index (χ2v) is 7.80. The van der Waals surface area contributed by atoms with E-state index in [4.69, 9.17) is 9.15 Å². The number of carbonyl (C=O) groups is 1. The molecular weight excluding hydrogens is 368 g/mol. The molecule has 0 saturated heterocycles. The molecule has 3 aromatic rings. The van der Waals surface area contributed by atoms with Crippen molar-refractivity contribution in [3.05, 3.63) is 78.5 Å². The number of aromatic nitrogens is 1. The minimum Gasteiger partial charge on any atom is -0.497 e. The monoisotopic (exact) mass is 386 g/mol. The molecule has 2 heterocycles. The Morgan fingerprint density at radius 3 is 2.44 bits per heavy atom. The molecule has 1 unspecified atom stereocenters. The summed E-state index contributed by atoms with van der Waals surface area (Å²) in [7, 11) is -2.30. The molecule has 8 heteroatoms. The molecule has 1 amide bonds. The summed E-state index contributed by atoms with van der Waals surface area (Å²) in [5, 5.41) is 1.59. The van der Waals surface area contributed by atoms with E-state index >= 15 is 0 Å². The maximum Gasteiger partial charge on any atom is 0.251 e. The molecule has 0 spiro atoms. The minimum atomic E-state index is -3.80. The van der Waals surface area contributed by atoms with E-state index in [0.29, 0.717) is 11.3 Å². The predicted molar refractivity (Wildman–Crippen MR) is 98.2 cm³/mol. The Hall–Kier alpha value is -3.13. The average molecular weight is 386 g/mol. The summed E-state index contributed by atoms with van der Waals surface area (Å²) >= 11 is 0. The molecule has 0 radical (unpaired) electrons. The molecule has 27 heavy (non-hydrogen) atoms. The highest BCUT2D eigenvalue weighted by atomic mass is 32.2. The lowest BCUT2D eigenvalue weighted by molar-refractivity contribution is 0.0953. The first-order valence-electron chi connectivity index (χ1n) is 8.12. The summed E-state index contributed by atoms with van der Waals surface area (Å²) in [6.07, 6.45) is 4.39. The highest BCUT2D eigenvalue weighted by molar-refractivity contribution is 7.91. The SMILES string of the molecule is COc1ccc(S(=O)(=O)C(CNC(=O)c2ccncc2)c2ccco2)cc1. The van der Waals surface area contributed by atoms with Gasteiger partial charge >= 0.3 is 0 Å². The van der Waals surface area contributed by atoms with E-state index < -0.39 is 15.1 Å². The van der Waals surface area contributed by atoms with Crippen molar-refractivity contribution in [2.24, 2.45) is 0 Å². The van der Waals surface area contributed by atoms with E-state index in [-0.39, 0.29) is 23.1 Å². The number of rotatable bonds is 7. The van der Waals surface area contributed by atoms with Crippen LogP contribution in [0.3, 0.4) is 0 Å². The molecule has 140 valence electrons. The molecule has 3 rings (SSSR count). The van der Waals surface area contributed by atoms with Crippen molar-refractivity contribution in [2.45, 2.75) is 10.1 Å². The van der Waals surface area contributed by atoms with Crippen LogP contribution >= 0.6 is 0 Å². The van der Waals surface area contributed by atoms with Crippen molar-refractivity contribution in [3.8, 4) is 5.75 Å². The molecule has 0 aliphatic rings. The molecule has 0 fully saturated rings. The standard InChI is InChI=1S/C19H18N2O5S/c1-25-15-4-6-16(7-5-15)27(23,24)18(17-3-2-12-26-17)13-21-19(22)14-8-10-20-11-9-14/h2-12,18H,13H2,1H3,(H,21,22). The van der Waals surface area contributed by atoms with Gasteiger partial charge in [0.15, 0.2) is 9.84 Å². The molecule has 0 aliphatic heterocycles.